The van der Waals surface area contributed by atoms with Gasteiger partial charge >= 0.3 is 0 Å². The molecule has 20 heterocycles. The molecule has 6 unspecified atom stereocenters. The minimum atomic E-state index is -0.979. The number of piperidine rings is 3. The lowest BCUT2D eigenvalue weighted by atomic mass is 9.87. The second-order valence-electron chi connectivity index (χ2n) is 31.8. The lowest BCUT2D eigenvalue weighted by molar-refractivity contribution is 0.000134. The van der Waals surface area contributed by atoms with Crippen LogP contribution in [0.2, 0.25) is 0 Å². The van der Waals surface area contributed by atoms with Crippen molar-refractivity contribution in [3.63, 3.8) is 0 Å². The number of pyridine rings is 8. The van der Waals surface area contributed by atoms with Crippen molar-refractivity contribution >= 4 is 40.1 Å². The SMILES string of the molecule is C#CCN1C2CC1CN(c1ccc(-c3cc(OCC(C)(C)O)cn4ncc(C#N)c34)cn1)C2.C#Cc1ccc(/C=C/CN2C3CC2CN(c2ccc(-c4cc(OCC(C)(C)O)cn5ncc(C#N)c45)cn2)C3)nc1.C#Cc1ccc(CCN2C3CC2CN(c2ccc(-c4cc(OCC(C)(C)O)cn5ncc(C#N)c45)cn2)C3)nc1. The Bertz CT molecular complexity index is 5600. The number of piperazine rings is 3. The van der Waals surface area contributed by atoms with Gasteiger partial charge in [-0.25, -0.2) is 28.5 Å². The molecule has 26 heteroatoms. The van der Waals surface area contributed by atoms with Gasteiger partial charge in [0.15, 0.2) is 0 Å². The van der Waals surface area contributed by atoms with Gasteiger partial charge in [-0.05, 0) is 146 Å². The quantitative estimate of drug-likeness (QED) is 0.0532. The number of anilines is 3. The van der Waals surface area contributed by atoms with Gasteiger partial charge in [-0.3, -0.25) is 24.7 Å². The summed E-state index contributed by atoms with van der Waals surface area (Å²) in [7, 11) is 0. The predicted octanol–water partition coefficient (Wildman–Crippen LogP) is 9.38. The molecule has 0 saturated carbocycles. The molecule has 9 saturated heterocycles. The molecule has 3 N–H and O–H groups in total. The van der Waals surface area contributed by atoms with Crippen LogP contribution in [-0.4, -0.2) is 216 Å². The highest BCUT2D eigenvalue weighted by molar-refractivity contribution is 5.87. The molecule has 576 valence electrons. The summed E-state index contributed by atoms with van der Waals surface area (Å²) in [6.07, 6.45) is 43.9. The van der Waals surface area contributed by atoms with E-state index in [9.17, 15) is 31.1 Å². The third-order valence-electron chi connectivity index (χ3n) is 21.5. The first-order valence-corrected chi connectivity index (χ1v) is 38.1. The van der Waals surface area contributed by atoms with Crippen molar-refractivity contribution in [3.05, 3.63) is 192 Å². The van der Waals surface area contributed by atoms with Crippen LogP contribution < -0.4 is 28.9 Å². The highest BCUT2D eigenvalue weighted by atomic mass is 16.5. The summed E-state index contributed by atoms with van der Waals surface area (Å²) in [6.45, 7) is 18.7. The Labute approximate surface area is 662 Å². The number of fused-ring (bicyclic) bond motifs is 9. The Balaban J connectivity index is 0.000000136. The normalized spacial score (nSPS) is 19.1. The van der Waals surface area contributed by atoms with Gasteiger partial charge < -0.3 is 44.2 Å². The number of hydrogen-bond acceptors (Lipinski definition) is 23. The maximum atomic E-state index is 10.1. The number of rotatable bonds is 22. The molecule has 0 aromatic carbocycles. The average Bonchev–Trinajstić information content (AvgIpc) is 0.991. The third-order valence-corrected chi connectivity index (χ3v) is 21.5. The first-order chi connectivity index (χ1) is 55.0. The smallest absolute Gasteiger partial charge is 0.138 e. The minimum Gasteiger partial charge on any atom is -0.489 e. The summed E-state index contributed by atoms with van der Waals surface area (Å²) in [5, 5.41) is 72.1. The molecule has 0 spiro atoms. The number of nitrogens with zero attached hydrogens (tertiary/aromatic N) is 20. The van der Waals surface area contributed by atoms with Gasteiger partial charge in [0.25, 0.3) is 0 Å². The van der Waals surface area contributed by atoms with Gasteiger partial charge in [-0.15, -0.1) is 19.3 Å². The summed E-state index contributed by atoms with van der Waals surface area (Å²) in [6, 6.07) is 35.3. The molecule has 26 nitrogen and oxygen atoms in total. The summed E-state index contributed by atoms with van der Waals surface area (Å²) in [5.74, 6) is 12.5. The summed E-state index contributed by atoms with van der Waals surface area (Å²) in [4.78, 5) is 37.8. The van der Waals surface area contributed by atoms with Crippen LogP contribution in [0.25, 0.3) is 56.0 Å². The van der Waals surface area contributed by atoms with Crippen LogP contribution in [0.5, 0.6) is 17.2 Å². The van der Waals surface area contributed by atoms with Crippen molar-refractivity contribution in [2.24, 2.45) is 0 Å². The Morgan fingerprint density at radius 1 is 0.456 bits per heavy atom. The maximum absolute atomic E-state index is 10.1. The van der Waals surface area contributed by atoms with Gasteiger partial charge in [-0.1, -0.05) is 23.8 Å². The van der Waals surface area contributed by atoms with E-state index in [4.69, 9.17) is 48.4 Å². The molecule has 9 aliphatic rings. The predicted molar refractivity (Wildman–Crippen MR) is 434 cm³/mol. The molecule has 114 heavy (non-hydrogen) atoms. The molecule has 20 rings (SSSR count). The van der Waals surface area contributed by atoms with Crippen LogP contribution in [0.1, 0.15) is 100 Å². The monoisotopic (exact) mass is 1520 g/mol. The number of ether oxygens (including phenoxy) is 3. The van der Waals surface area contributed by atoms with Crippen LogP contribution in [0.3, 0.4) is 0 Å². The lowest BCUT2D eigenvalue weighted by Crippen LogP contribution is -2.69. The van der Waals surface area contributed by atoms with Crippen molar-refractivity contribution in [1.82, 2.24) is 68.5 Å². The molecular formula is C88H88N20O6. The summed E-state index contributed by atoms with van der Waals surface area (Å²) < 4.78 is 22.4. The molecule has 9 fully saturated rings. The first-order valence-electron chi connectivity index (χ1n) is 38.1. The molecule has 11 aromatic heterocycles. The van der Waals surface area contributed by atoms with Crippen molar-refractivity contribution in [2.75, 3.05) is 93.4 Å². The van der Waals surface area contributed by atoms with Crippen LogP contribution in [0.15, 0.2) is 153 Å². The van der Waals surface area contributed by atoms with Gasteiger partial charge in [0.05, 0.1) is 99.5 Å². The van der Waals surface area contributed by atoms with E-state index in [2.05, 4.69) is 96.7 Å². The topological polar surface area (TPSA) is 296 Å². The van der Waals surface area contributed by atoms with Crippen LogP contribution in [-0.2, 0) is 6.42 Å². The van der Waals surface area contributed by atoms with E-state index in [1.165, 1.54) is 19.3 Å². The fourth-order valence-electron chi connectivity index (χ4n) is 15.8. The Hall–Kier alpha value is -12.7. The van der Waals surface area contributed by atoms with E-state index in [0.717, 1.165) is 132 Å². The van der Waals surface area contributed by atoms with Crippen molar-refractivity contribution < 1.29 is 29.5 Å². The zero-order chi connectivity index (χ0) is 79.6. The van der Waals surface area contributed by atoms with Crippen molar-refractivity contribution in [3.8, 4) is 106 Å². The van der Waals surface area contributed by atoms with E-state index in [1.807, 2.05) is 104 Å². The van der Waals surface area contributed by atoms with Gasteiger partial charge in [0, 0.05) is 176 Å². The van der Waals surface area contributed by atoms with Gasteiger partial charge in [-0.2, -0.15) is 31.1 Å². The van der Waals surface area contributed by atoms with E-state index < -0.39 is 16.8 Å². The van der Waals surface area contributed by atoms with E-state index in [0.29, 0.717) is 93.3 Å². The standard InChI is InChI=1S/C32H31N7O2.C31H31N7O2.C25H26N6O2/c1-4-22-7-9-25(34-15-22)6-5-11-38-26-12-27(38)19-37(18-26)30-10-8-23(16-35-30)29-13-28(41-21-32(2,3)40)20-39-31(29)24(14-33)17-36-39;1-4-21-5-7-24(33-14-21)9-10-37-25-11-26(37)18-36(17-25)29-8-6-22(15-34-29)28-12-27(40-20-31(2,3)39)19-38-30(28)23(13-32)16-35-38;1-4-7-30-19-8-20(30)14-29(13-19)23-6-5-17(11-27-23)22-9-21(33-16-25(2,3)32)15-31-24(22)18(10-26)12-28-31/h1,5-10,13,15-17,20,26-27,40H,11-12,18-19,21H2,2-3H3;1,5-8,12,14-16,19,25-26,39H,9-11,17-18,20H2,2-3H3;1,5-6,9,11-12,15,19-20,32H,7-8,13-14,16H2,2-3H3/b6-5+;;. The first kappa shape index (κ1) is 76.6. The molecule has 0 aliphatic carbocycles. The molecule has 0 radical (unpaired) electrons. The van der Waals surface area contributed by atoms with E-state index in [-0.39, 0.29) is 19.8 Å². The summed E-state index contributed by atoms with van der Waals surface area (Å²) >= 11 is 0. The highest BCUT2D eigenvalue weighted by Gasteiger charge is 2.47. The fraction of sp³-hybridized carbons (Fsp3) is 0.352. The zero-order valence-corrected chi connectivity index (χ0v) is 64.5. The molecule has 6 bridgehead atoms. The van der Waals surface area contributed by atoms with Crippen LogP contribution in [0, 0.1) is 71.0 Å². The van der Waals surface area contributed by atoms with Gasteiger partial charge in [0.2, 0.25) is 0 Å². The molecular weight excluding hydrogens is 1430 g/mol. The number of aromatic nitrogens is 11. The Morgan fingerprint density at radius 2 is 0.833 bits per heavy atom. The third kappa shape index (κ3) is 16.9. The average molecular weight is 1520 g/mol. The van der Waals surface area contributed by atoms with E-state index >= 15 is 0 Å². The highest BCUT2D eigenvalue weighted by Crippen LogP contribution is 2.41. The Kier molecular flexibility index (Phi) is 21.6. The van der Waals surface area contributed by atoms with Crippen LogP contribution >= 0.6 is 0 Å². The molecule has 11 aromatic rings. The molecule has 0 amide bonds. The minimum absolute atomic E-state index is 0.127. The van der Waals surface area contributed by atoms with E-state index in [1.54, 1.807) is 105 Å². The Morgan fingerprint density at radius 3 is 1.16 bits per heavy atom. The molecule has 9 aliphatic heterocycles. The second-order valence-corrected chi connectivity index (χ2v) is 31.8. The second kappa shape index (κ2) is 32.2. The number of terminal acetylenes is 3. The summed E-state index contributed by atoms with van der Waals surface area (Å²) in [5.41, 5.74) is 9.19. The lowest BCUT2D eigenvalue weighted by Gasteiger charge is -2.56. The number of hydrogen-bond donors (Lipinski definition) is 3. The number of aliphatic hydroxyl groups is 3. The van der Waals surface area contributed by atoms with Gasteiger partial charge in [0.1, 0.15) is 72.7 Å². The zero-order valence-electron chi connectivity index (χ0n) is 64.5. The van der Waals surface area contributed by atoms with Crippen molar-refractivity contribution in [1.29, 1.82) is 15.8 Å². The maximum Gasteiger partial charge on any atom is 0.138 e. The molecule has 6 atom stereocenters. The van der Waals surface area contributed by atoms with Crippen LogP contribution in [0.4, 0.5) is 17.5 Å². The largest absolute Gasteiger partial charge is 0.489 e. The van der Waals surface area contributed by atoms with Crippen molar-refractivity contribution in [2.45, 2.75) is 120 Å². The fourth-order valence-corrected chi connectivity index (χ4v) is 15.8. The number of nitriles is 3.